The van der Waals surface area contributed by atoms with Gasteiger partial charge in [0.2, 0.25) is 5.13 Å². The van der Waals surface area contributed by atoms with Crippen LogP contribution in [-0.2, 0) is 6.54 Å². The van der Waals surface area contributed by atoms with E-state index < -0.39 is 0 Å². The summed E-state index contributed by atoms with van der Waals surface area (Å²) in [5, 5.41) is 11.6. The number of nitrogens with zero attached hydrogens (tertiary/aromatic N) is 3. The zero-order chi connectivity index (χ0) is 12.3. The van der Waals surface area contributed by atoms with Gasteiger partial charge in [0.1, 0.15) is 10.7 Å². The zero-order valence-corrected chi connectivity index (χ0v) is 10.1. The molecule has 88 valence electrons. The van der Waals surface area contributed by atoms with Crippen LogP contribution < -0.4 is 11.1 Å². The number of hydrogen-bond acceptors (Lipinski definition) is 6. The maximum absolute atomic E-state index is 11.6. The van der Waals surface area contributed by atoms with Gasteiger partial charge in [0.25, 0.3) is 5.91 Å². The smallest absolute Gasteiger partial charge is 0.270 e. The van der Waals surface area contributed by atoms with Gasteiger partial charge in [0.05, 0.1) is 11.6 Å². The molecule has 0 fully saturated rings. The van der Waals surface area contributed by atoms with E-state index in [1.165, 1.54) is 17.5 Å². The average molecular weight is 270 g/mol. The summed E-state index contributed by atoms with van der Waals surface area (Å²) in [6.07, 6.45) is 1.42. The lowest BCUT2D eigenvalue weighted by Gasteiger charge is -2.01. The van der Waals surface area contributed by atoms with E-state index in [0.29, 0.717) is 20.9 Å². The Morgan fingerprint density at radius 1 is 1.47 bits per heavy atom. The number of hydrogen-bond donors (Lipinski definition) is 2. The molecule has 0 aliphatic carbocycles. The minimum Gasteiger partial charge on any atom is -0.374 e. The van der Waals surface area contributed by atoms with E-state index in [1.807, 2.05) is 0 Å². The van der Waals surface area contributed by atoms with Crippen molar-refractivity contribution in [3.05, 3.63) is 34.1 Å². The van der Waals surface area contributed by atoms with Gasteiger partial charge in [0, 0.05) is 6.20 Å². The molecule has 8 heteroatoms. The highest BCUT2D eigenvalue weighted by Crippen LogP contribution is 2.10. The maximum Gasteiger partial charge on any atom is 0.270 e. The molecule has 0 spiro atoms. The average Bonchev–Trinajstić information content (AvgIpc) is 2.73. The van der Waals surface area contributed by atoms with Crippen LogP contribution in [0, 0.1) is 0 Å². The third kappa shape index (κ3) is 3.11. The van der Waals surface area contributed by atoms with E-state index in [2.05, 4.69) is 20.5 Å². The molecule has 0 bridgehead atoms. The predicted octanol–water partition coefficient (Wildman–Crippen LogP) is 1.10. The van der Waals surface area contributed by atoms with Crippen molar-refractivity contribution in [2.75, 3.05) is 5.73 Å². The highest BCUT2D eigenvalue weighted by Gasteiger charge is 2.08. The van der Waals surface area contributed by atoms with Crippen molar-refractivity contribution < 1.29 is 4.79 Å². The standard InChI is InChI=1S/C9H8ClN5OS/c10-5-1-2-6(12-3-5)8(16)13-4-7-14-15-9(11)17-7/h1-3H,4H2,(H2,11,15)(H,13,16). The van der Waals surface area contributed by atoms with Gasteiger partial charge >= 0.3 is 0 Å². The Morgan fingerprint density at radius 2 is 2.29 bits per heavy atom. The molecule has 0 atom stereocenters. The Kier molecular flexibility index (Phi) is 3.50. The lowest BCUT2D eigenvalue weighted by Crippen LogP contribution is -2.23. The number of halogens is 1. The predicted molar refractivity (Wildman–Crippen MR) is 64.7 cm³/mol. The summed E-state index contributed by atoms with van der Waals surface area (Å²) in [5.41, 5.74) is 5.72. The number of carbonyl (C=O) groups is 1. The van der Waals surface area contributed by atoms with E-state index in [9.17, 15) is 4.79 Å². The van der Waals surface area contributed by atoms with Crippen molar-refractivity contribution in [3.8, 4) is 0 Å². The third-order valence-electron chi connectivity index (χ3n) is 1.84. The summed E-state index contributed by atoms with van der Waals surface area (Å²) in [7, 11) is 0. The minimum absolute atomic E-state index is 0.276. The van der Waals surface area contributed by atoms with Crippen LogP contribution in [0.2, 0.25) is 5.02 Å². The summed E-state index contributed by atoms with van der Waals surface area (Å²) in [6.45, 7) is 0.276. The fraction of sp³-hybridized carbons (Fsp3) is 0.111. The van der Waals surface area contributed by atoms with Crippen molar-refractivity contribution in [1.29, 1.82) is 0 Å². The van der Waals surface area contributed by atoms with Crippen molar-refractivity contribution in [3.63, 3.8) is 0 Å². The number of amides is 1. The molecule has 0 saturated heterocycles. The summed E-state index contributed by atoms with van der Waals surface area (Å²) >= 11 is 6.89. The van der Waals surface area contributed by atoms with E-state index in [0.717, 1.165) is 0 Å². The molecule has 2 aromatic rings. The van der Waals surface area contributed by atoms with Gasteiger partial charge in [-0.15, -0.1) is 10.2 Å². The van der Waals surface area contributed by atoms with Crippen LogP contribution in [0.3, 0.4) is 0 Å². The third-order valence-corrected chi connectivity index (χ3v) is 2.82. The number of anilines is 1. The number of nitrogens with two attached hydrogens (primary N) is 1. The monoisotopic (exact) mass is 269 g/mol. The molecule has 0 saturated carbocycles. The lowest BCUT2D eigenvalue weighted by molar-refractivity contribution is 0.0946. The normalized spacial score (nSPS) is 10.2. The highest BCUT2D eigenvalue weighted by atomic mass is 35.5. The Morgan fingerprint density at radius 3 is 2.88 bits per heavy atom. The van der Waals surface area contributed by atoms with E-state index in [4.69, 9.17) is 17.3 Å². The molecule has 0 aliphatic rings. The Balaban J connectivity index is 1.95. The largest absolute Gasteiger partial charge is 0.374 e. The molecule has 2 heterocycles. The second-order valence-electron chi connectivity index (χ2n) is 3.08. The molecule has 3 N–H and O–H groups in total. The van der Waals surface area contributed by atoms with Gasteiger partial charge in [-0.1, -0.05) is 22.9 Å². The summed E-state index contributed by atoms with van der Waals surface area (Å²) in [6, 6.07) is 3.15. The molecule has 2 rings (SSSR count). The molecule has 2 aromatic heterocycles. The SMILES string of the molecule is Nc1nnc(CNC(=O)c2ccc(Cl)cn2)s1. The van der Waals surface area contributed by atoms with Gasteiger partial charge in [-0.05, 0) is 12.1 Å². The molecule has 6 nitrogen and oxygen atoms in total. The van der Waals surface area contributed by atoms with Gasteiger partial charge in [-0.25, -0.2) is 4.98 Å². The Labute approximate surface area is 106 Å². The van der Waals surface area contributed by atoms with Crippen LogP contribution >= 0.6 is 22.9 Å². The number of aromatic nitrogens is 3. The van der Waals surface area contributed by atoms with E-state index in [-0.39, 0.29) is 12.5 Å². The summed E-state index contributed by atoms with van der Waals surface area (Å²) in [5.74, 6) is -0.296. The van der Waals surface area contributed by atoms with Crippen molar-refractivity contribution in [2.24, 2.45) is 0 Å². The first-order valence-corrected chi connectivity index (χ1v) is 5.82. The number of pyridine rings is 1. The van der Waals surface area contributed by atoms with Crippen LogP contribution in [0.5, 0.6) is 0 Å². The molecular weight excluding hydrogens is 262 g/mol. The van der Waals surface area contributed by atoms with Crippen LogP contribution in [0.25, 0.3) is 0 Å². The Bertz CT molecular complexity index is 526. The van der Waals surface area contributed by atoms with Crippen LogP contribution in [0.15, 0.2) is 18.3 Å². The minimum atomic E-state index is -0.296. The maximum atomic E-state index is 11.6. The molecular formula is C9H8ClN5OS. The van der Waals surface area contributed by atoms with Crippen LogP contribution in [0.4, 0.5) is 5.13 Å². The topological polar surface area (TPSA) is 93.8 Å². The second-order valence-corrected chi connectivity index (χ2v) is 4.61. The first-order chi connectivity index (χ1) is 8.15. The van der Waals surface area contributed by atoms with Crippen molar-refractivity contribution in [2.45, 2.75) is 6.54 Å². The summed E-state index contributed by atoms with van der Waals surface area (Å²) in [4.78, 5) is 15.5. The second kappa shape index (κ2) is 5.07. The first-order valence-electron chi connectivity index (χ1n) is 4.63. The van der Waals surface area contributed by atoms with Gasteiger partial charge in [0.15, 0.2) is 0 Å². The van der Waals surface area contributed by atoms with E-state index >= 15 is 0 Å². The number of carbonyl (C=O) groups excluding carboxylic acids is 1. The number of nitrogens with one attached hydrogen (secondary N) is 1. The van der Waals surface area contributed by atoms with Gasteiger partial charge in [-0.3, -0.25) is 4.79 Å². The number of nitrogen functional groups attached to an aromatic ring is 1. The molecule has 0 radical (unpaired) electrons. The molecule has 17 heavy (non-hydrogen) atoms. The fourth-order valence-electron chi connectivity index (χ4n) is 1.09. The van der Waals surface area contributed by atoms with Gasteiger partial charge in [-0.2, -0.15) is 0 Å². The Hall–Kier alpha value is -1.73. The zero-order valence-electron chi connectivity index (χ0n) is 8.55. The molecule has 1 amide bonds. The van der Waals surface area contributed by atoms with Crippen LogP contribution in [-0.4, -0.2) is 21.1 Å². The quantitative estimate of drug-likeness (QED) is 0.870. The molecule has 0 aliphatic heterocycles. The first kappa shape index (κ1) is 11.7. The van der Waals surface area contributed by atoms with Crippen molar-refractivity contribution in [1.82, 2.24) is 20.5 Å². The molecule has 0 unspecified atom stereocenters. The summed E-state index contributed by atoms with van der Waals surface area (Å²) < 4.78 is 0. The highest BCUT2D eigenvalue weighted by molar-refractivity contribution is 7.15. The fourth-order valence-corrected chi connectivity index (χ4v) is 1.76. The number of rotatable bonds is 3. The lowest BCUT2D eigenvalue weighted by atomic mass is 10.3. The van der Waals surface area contributed by atoms with Gasteiger partial charge < -0.3 is 11.1 Å². The van der Waals surface area contributed by atoms with Crippen molar-refractivity contribution >= 4 is 34.0 Å². The molecule has 0 aromatic carbocycles. The van der Waals surface area contributed by atoms with Crippen LogP contribution in [0.1, 0.15) is 15.5 Å². The van der Waals surface area contributed by atoms with E-state index in [1.54, 1.807) is 12.1 Å².